The third-order valence-electron chi connectivity index (χ3n) is 3.78. The molecule has 0 spiro atoms. The molecule has 0 radical (unpaired) electrons. The lowest BCUT2D eigenvalue weighted by atomic mass is 10.1. The number of imidazole rings is 1. The highest BCUT2D eigenvalue weighted by Gasteiger charge is 2.16. The highest BCUT2D eigenvalue weighted by atomic mass is 16.6. The first-order chi connectivity index (χ1) is 11.3. The monoisotopic (exact) mass is 332 g/mol. The molecule has 1 aromatic heterocycles. The number of nitrogens with one attached hydrogen (secondary N) is 1. The van der Waals surface area contributed by atoms with E-state index in [0.29, 0.717) is 12.5 Å². The minimum absolute atomic E-state index is 0.263. The number of hydrogen-bond donors (Lipinski definition) is 2. The van der Waals surface area contributed by atoms with Crippen LogP contribution in [0.1, 0.15) is 53.0 Å². The molecule has 1 heterocycles. The number of rotatable bonds is 6. The summed E-state index contributed by atoms with van der Waals surface area (Å²) >= 11 is 0. The van der Waals surface area contributed by atoms with Gasteiger partial charge in [-0.25, -0.2) is 9.78 Å². The van der Waals surface area contributed by atoms with Crippen molar-refractivity contribution in [2.24, 2.45) is 0 Å². The number of para-hydroxylation sites is 2. The molecule has 1 amide bonds. The van der Waals surface area contributed by atoms with Crippen LogP contribution in [0.3, 0.4) is 0 Å². The van der Waals surface area contributed by atoms with E-state index in [4.69, 9.17) is 10.5 Å². The Morgan fingerprint density at radius 1 is 1.33 bits per heavy atom. The van der Waals surface area contributed by atoms with E-state index in [0.717, 1.165) is 30.3 Å². The second-order valence-corrected chi connectivity index (χ2v) is 7.10. The molecular formula is C18H28N4O2. The normalized spacial score (nSPS) is 13.0. The standard InChI is InChI=1S/C18H28N4O2/c1-13(9-7-8-12-20-17(23)24-18(2,3)4)22-15-11-6-5-10-14(15)21-16(22)19/h5-6,10-11,13H,7-9,12H2,1-4H3,(H2,19,21)(H,20,23). The second-order valence-electron chi connectivity index (χ2n) is 7.10. The van der Waals surface area contributed by atoms with Crippen molar-refractivity contribution in [3.05, 3.63) is 24.3 Å². The van der Waals surface area contributed by atoms with Crippen LogP contribution in [-0.4, -0.2) is 27.8 Å². The molecule has 1 unspecified atom stereocenters. The van der Waals surface area contributed by atoms with Gasteiger partial charge in [-0.2, -0.15) is 0 Å². The van der Waals surface area contributed by atoms with E-state index in [-0.39, 0.29) is 12.1 Å². The van der Waals surface area contributed by atoms with E-state index >= 15 is 0 Å². The molecule has 132 valence electrons. The summed E-state index contributed by atoms with van der Waals surface area (Å²) in [5.74, 6) is 0.551. The summed E-state index contributed by atoms with van der Waals surface area (Å²) in [7, 11) is 0. The van der Waals surface area contributed by atoms with Gasteiger partial charge in [-0.15, -0.1) is 0 Å². The van der Waals surface area contributed by atoms with Crippen LogP contribution in [0, 0.1) is 0 Å². The number of aromatic nitrogens is 2. The van der Waals surface area contributed by atoms with E-state index in [1.54, 1.807) is 0 Å². The fourth-order valence-electron chi connectivity index (χ4n) is 2.72. The number of amides is 1. The molecule has 0 aliphatic heterocycles. The summed E-state index contributed by atoms with van der Waals surface area (Å²) in [6.45, 7) is 8.32. The molecule has 0 saturated carbocycles. The topological polar surface area (TPSA) is 82.2 Å². The summed E-state index contributed by atoms with van der Waals surface area (Å²) in [5, 5.41) is 2.78. The van der Waals surface area contributed by atoms with Crippen LogP contribution in [0.25, 0.3) is 11.0 Å². The first kappa shape index (κ1) is 18.1. The van der Waals surface area contributed by atoms with Gasteiger partial charge in [0, 0.05) is 12.6 Å². The van der Waals surface area contributed by atoms with Gasteiger partial charge in [-0.1, -0.05) is 12.1 Å². The Hall–Kier alpha value is -2.24. The Bertz CT molecular complexity index is 688. The zero-order valence-electron chi connectivity index (χ0n) is 15.0. The molecule has 2 rings (SSSR count). The number of hydrogen-bond acceptors (Lipinski definition) is 4. The quantitative estimate of drug-likeness (QED) is 0.787. The molecule has 0 aliphatic rings. The molecule has 6 nitrogen and oxygen atoms in total. The number of fused-ring (bicyclic) bond motifs is 1. The number of alkyl carbamates (subject to hydrolysis) is 1. The van der Waals surface area contributed by atoms with E-state index in [2.05, 4.69) is 21.8 Å². The predicted molar refractivity (Wildman–Crippen MR) is 96.9 cm³/mol. The average molecular weight is 332 g/mol. The molecule has 1 aromatic carbocycles. The largest absolute Gasteiger partial charge is 0.444 e. The molecule has 0 aliphatic carbocycles. The predicted octanol–water partition coefficient (Wildman–Crippen LogP) is 3.87. The van der Waals surface area contributed by atoms with Gasteiger partial charge in [0.2, 0.25) is 5.95 Å². The van der Waals surface area contributed by atoms with Crippen LogP contribution in [-0.2, 0) is 4.74 Å². The van der Waals surface area contributed by atoms with Crippen LogP contribution in [0.2, 0.25) is 0 Å². The van der Waals surface area contributed by atoms with Crippen molar-refractivity contribution in [3.63, 3.8) is 0 Å². The van der Waals surface area contributed by atoms with Crippen molar-refractivity contribution in [1.29, 1.82) is 0 Å². The van der Waals surface area contributed by atoms with Gasteiger partial charge in [0.15, 0.2) is 0 Å². The van der Waals surface area contributed by atoms with E-state index < -0.39 is 5.60 Å². The number of anilines is 1. The second kappa shape index (κ2) is 7.55. The van der Waals surface area contributed by atoms with E-state index in [9.17, 15) is 4.79 Å². The summed E-state index contributed by atoms with van der Waals surface area (Å²) < 4.78 is 7.29. The molecular weight excluding hydrogens is 304 g/mol. The molecule has 1 atom stereocenters. The summed E-state index contributed by atoms with van der Waals surface area (Å²) in [6, 6.07) is 8.24. The van der Waals surface area contributed by atoms with Crippen LogP contribution >= 0.6 is 0 Å². The minimum atomic E-state index is -0.460. The van der Waals surface area contributed by atoms with Crippen LogP contribution in [0.15, 0.2) is 24.3 Å². The lowest BCUT2D eigenvalue weighted by Crippen LogP contribution is -2.33. The molecule has 2 aromatic rings. The van der Waals surface area contributed by atoms with Gasteiger partial charge < -0.3 is 20.4 Å². The maximum atomic E-state index is 11.6. The Morgan fingerprint density at radius 2 is 2.04 bits per heavy atom. The van der Waals surface area contributed by atoms with E-state index in [1.807, 2.05) is 45.0 Å². The molecule has 0 saturated heterocycles. The zero-order valence-corrected chi connectivity index (χ0v) is 15.0. The lowest BCUT2D eigenvalue weighted by Gasteiger charge is -2.20. The SMILES string of the molecule is CC(CCCCNC(=O)OC(C)(C)C)n1c(N)nc2ccccc21. The average Bonchev–Trinajstić information content (AvgIpc) is 2.80. The fourth-order valence-corrected chi connectivity index (χ4v) is 2.72. The molecule has 24 heavy (non-hydrogen) atoms. The Morgan fingerprint density at radius 3 is 2.75 bits per heavy atom. The van der Waals surface area contributed by atoms with Crippen LogP contribution < -0.4 is 11.1 Å². The number of nitrogen functional groups attached to an aromatic ring is 1. The first-order valence-corrected chi connectivity index (χ1v) is 8.47. The zero-order chi connectivity index (χ0) is 17.7. The highest BCUT2D eigenvalue weighted by Crippen LogP contribution is 2.25. The number of nitrogens with two attached hydrogens (primary N) is 1. The van der Waals surface area contributed by atoms with Crippen LogP contribution in [0.5, 0.6) is 0 Å². The lowest BCUT2D eigenvalue weighted by molar-refractivity contribution is 0.0527. The minimum Gasteiger partial charge on any atom is -0.444 e. The van der Waals surface area contributed by atoms with Crippen molar-refractivity contribution < 1.29 is 9.53 Å². The smallest absolute Gasteiger partial charge is 0.407 e. The Kier molecular flexibility index (Phi) is 5.70. The van der Waals surface area contributed by atoms with Crippen molar-refractivity contribution in [2.75, 3.05) is 12.3 Å². The summed E-state index contributed by atoms with van der Waals surface area (Å²) in [5.41, 5.74) is 7.59. The van der Waals surface area contributed by atoms with Crippen molar-refractivity contribution >= 4 is 23.1 Å². The fraction of sp³-hybridized carbons (Fsp3) is 0.556. The van der Waals surface area contributed by atoms with Crippen molar-refractivity contribution in [2.45, 2.75) is 58.6 Å². The Balaban J connectivity index is 1.78. The van der Waals surface area contributed by atoms with Gasteiger partial charge in [-0.05, 0) is 59.1 Å². The first-order valence-electron chi connectivity index (χ1n) is 8.47. The summed E-state index contributed by atoms with van der Waals surface area (Å²) in [4.78, 5) is 16.0. The number of ether oxygens (including phenoxy) is 1. The van der Waals surface area contributed by atoms with Gasteiger partial charge in [0.1, 0.15) is 5.60 Å². The highest BCUT2D eigenvalue weighted by molar-refractivity contribution is 5.78. The van der Waals surface area contributed by atoms with Gasteiger partial charge >= 0.3 is 6.09 Å². The summed E-state index contributed by atoms with van der Waals surface area (Å²) in [6.07, 6.45) is 2.50. The van der Waals surface area contributed by atoms with Crippen LogP contribution in [0.4, 0.5) is 10.7 Å². The molecule has 3 N–H and O–H groups in total. The van der Waals surface area contributed by atoms with E-state index in [1.165, 1.54) is 0 Å². The number of unbranched alkanes of at least 4 members (excludes halogenated alkanes) is 1. The Labute approximate surface area is 143 Å². The third kappa shape index (κ3) is 4.88. The van der Waals surface area contributed by atoms with Gasteiger partial charge in [0.05, 0.1) is 11.0 Å². The number of nitrogens with zero attached hydrogens (tertiary/aromatic N) is 2. The molecule has 6 heteroatoms. The van der Waals surface area contributed by atoms with Crippen molar-refractivity contribution in [1.82, 2.24) is 14.9 Å². The van der Waals surface area contributed by atoms with Gasteiger partial charge in [-0.3, -0.25) is 0 Å². The molecule has 0 bridgehead atoms. The third-order valence-corrected chi connectivity index (χ3v) is 3.78. The number of benzene rings is 1. The maximum Gasteiger partial charge on any atom is 0.407 e. The maximum absolute atomic E-state index is 11.6. The number of carbonyl (C=O) groups excluding carboxylic acids is 1. The molecule has 0 fully saturated rings. The van der Waals surface area contributed by atoms with Crippen molar-refractivity contribution in [3.8, 4) is 0 Å². The number of carbonyl (C=O) groups is 1. The van der Waals surface area contributed by atoms with Gasteiger partial charge in [0.25, 0.3) is 0 Å².